The van der Waals surface area contributed by atoms with Crippen LogP contribution in [0.15, 0.2) is 47.6 Å². The number of nitrogens with one attached hydrogen (secondary N) is 1. The molecule has 0 aliphatic carbocycles. The highest BCUT2D eigenvalue weighted by molar-refractivity contribution is 7.71. The van der Waals surface area contributed by atoms with Gasteiger partial charge < -0.3 is 5.11 Å². The molecule has 1 aromatic heterocycles. The first-order valence-corrected chi connectivity index (χ1v) is 7.68. The van der Waals surface area contributed by atoms with Crippen LogP contribution in [-0.2, 0) is 0 Å². The number of rotatable bonds is 3. The van der Waals surface area contributed by atoms with E-state index in [1.807, 2.05) is 18.2 Å². The molecule has 0 saturated heterocycles. The van der Waals surface area contributed by atoms with E-state index in [4.69, 9.17) is 35.4 Å². The molecule has 0 unspecified atom stereocenters. The first-order chi connectivity index (χ1) is 11.1. The second-order valence-electron chi connectivity index (χ2n) is 4.59. The molecule has 0 aliphatic rings. The molecule has 23 heavy (non-hydrogen) atoms. The van der Waals surface area contributed by atoms with Gasteiger partial charge in [0.1, 0.15) is 5.75 Å². The Labute approximate surface area is 146 Å². The average molecular weight is 365 g/mol. The third-order valence-electron chi connectivity index (χ3n) is 3.07. The van der Waals surface area contributed by atoms with Gasteiger partial charge in [0.2, 0.25) is 4.77 Å². The van der Waals surface area contributed by atoms with Crippen molar-refractivity contribution < 1.29 is 5.11 Å². The van der Waals surface area contributed by atoms with Gasteiger partial charge in [-0.2, -0.15) is 14.9 Å². The number of aromatic nitrogens is 3. The highest BCUT2D eigenvalue weighted by Crippen LogP contribution is 2.26. The summed E-state index contributed by atoms with van der Waals surface area (Å²) < 4.78 is 1.73. The summed E-state index contributed by atoms with van der Waals surface area (Å²) in [5.41, 5.74) is 1.15. The van der Waals surface area contributed by atoms with Gasteiger partial charge in [-0.15, -0.1) is 0 Å². The van der Waals surface area contributed by atoms with Crippen LogP contribution in [0.4, 0.5) is 0 Å². The SMILES string of the molecule is Oc1ccc(Cl)cc1/C=N/n1c(-c2ccccc2Cl)n[nH]c1=S. The molecule has 0 amide bonds. The number of phenols is 1. The number of aromatic amines is 1. The van der Waals surface area contributed by atoms with Gasteiger partial charge in [0.25, 0.3) is 0 Å². The Morgan fingerprint density at radius 3 is 2.78 bits per heavy atom. The lowest BCUT2D eigenvalue weighted by Gasteiger charge is -2.03. The fourth-order valence-electron chi connectivity index (χ4n) is 1.96. The first-order valence-electron chi connectivity index (χ1n) is 6.51. The summed E-state index contributed by atoms with van der Waals surface area (Å²) in [4.78, 5) is 0. The molecule has 2 N–H and O–H groups in total. The van der Waals surface area contributed by atoms with Gasteiger partial charge in [-0.25, -0.2) is 5.10 Å². The lowest BCUT2D eigenvalue weighted by atomic mass is 10.2. The average Bonchev–Trinajstić information content (AvgIpc) is 2.89. The van der Waals surface area contributed by atoms with Gasteiger partial charge >= 0.3 is 0 Å². The van der Waals surface area contributed by atoms with Crippen LogP contribution in [0.5, 0.6) is 5.75 Å². The molecule has 8 heteroatoms. The Kier molecular flexibility index (Phi) is 4.47. The molecule has 3 rings (SSSR count). The monoisotopic (exact) mass is 364 g/mol. The summed E-state index contributed by atoms with van der Waals surface area (Å²) in [5, 5.41) is 22.0. The number of aromatic hydroxyl groups is 1. The van der Waals surface area contributed by atoms with E-state index in [0.29, 0.717) is 31.8 Å². The Morgan fingerprint density at radius 1 is 1.22 bits per heavy atom. The van der Waals surface area contributed by atoms with Gasteiger partial charge in [0.15, 0.2) is 5.82 Å². The van der Waals surface area contributed by atoms with E-state index in [1.165, 1.54) is 17.0 Å². The zero-order chi connectivity index (χ0) is 16.4. The van der Waals surface area contributed by atoms with E-state index < -0.39 is 0 Å². The van der Waals surface area contributed by atoms with Gasteiger partial charge in [-0.05, 0) is 42.5 Å². The molecule has 3 aromatic rings. The summed E-state index contributed by atoms with van der Waals surface area (Å²) in [5.74, 6) is 0.533. The fraction of sp³-hybridized carbons (Fsp3) is 0. The molecule has 2 aromatic carbocycles. The van der Waals surface area contributed by atoms with Crippen molar-refractivity contribution in [3.8, 4) is 17.1 Å². The van der Waals surface area contributed by atoms with Gasteiger partial charge in [-0.3, -0.25) is 0 Å². The topological polar surface area (TPSA) is 66.2 Å². The molecular formula is C15H10Cl2N4OS. The number of hydrogen-bond donors (Lipinski definition) is 2. The van der Waals surface area contributed by atoms with E-state index >= 15 is 0 Å². The van der Waals surface area contributed by atoms with Crippen molar-refractivity contribution in [2.24, 2.45) is 5.10 Å². The predicted molar refractivity (Wildman–Crippen MR) is 94.0 cm³/mol. The number of H-pyrrole nitrogens is 1. The summed E-state index contributed by atoms with van der Waals surface area (Å²) in [6.45, 7) is 0. The van der Waals surface area contributed by atoms with Crippen molar-refractivity contribution in [3.63, 3.8) is 0 Å². The van der Waals surface area contributed by atoms with E-state index in [9.17, 15) is 5.11 Å². The molecule has 116 valence electrons. The van der Waals surface area contributed by atoms with Crippen LogP contribution in [0.2, 0.25) is 10.0 Å². The number of hydrogen-bond acceptors (Lipinski definition) is 4. The minimum atomic E-state index is 0.0625. The van der Waals surface area contributed by atoms with Crippen molar-refractivity contribution in [1.29, 1.82) is 0 Å². The maximum absolute atomic E-state index is 9.83. The molecule has 5 nitrogen and oxygen atoms in total. The van der Waals surface area contributed by atoms with E-state index in [1.54, 1.807) is 18.2 Å². The molecule has 0 spiro atoms. The third kappa shape index (κ3) is 3.29. The zero-order valence-corrected chi connectivity index (χ0v) is 13.9. The molecule has 1 heterocycles. The number of halogens is 2. The Morgan fingerprint density at radius 2 is 2.00 bits per heavy atom. The quantitative estimate of drug-likeness (QED) is 0.530. The standard InChI is InChI=1S/C15H10Cl2N4OS/c16-10-5-6-13(22)9(7-10)8-18-21-14(19-20-15(21)23)11-3-1-2-4-12(11)17/h1-8,22H,(H,20,23)/b18-8+. The zero-order valence-electron chi connectivity index (χ0n) is 11.6. The summed E-state index contributed by atoms with van der Waals surface area (Å²) >= 11 is 17.3. The lowest BCUT2D eigenvalue weighted by molar-refractivity contribution is 0.474. The number of nitrogens with zero attached hydrogens (tertiary/aromatic N) is 3. The Hall–Kier alpha value is -2.15. The predicted octanol–water partition coefficient (Wildman–Crippen LogP) is 4.50. The summed E-state index contributed by atoms with van der Waals surface area (Å²) in [6.07, 6.45) is 1.45. The number of phenolic OH excluding ortho intramolecular Hbond substituents is 1. The van der Waals surface area contributed by atoms with Gasteiger partial charge in [-0.1, -0.05) is 35.3 Å². The summed E-state index contributed by atoms with van der Waals surface area (Å²) in [7, 11) is 0. The maximum atomic E-state index is 9.83. The lowest BCUT2D eigenvalue weighted by Crippen LogP contribution is -1.95. The molecule has 0 atom stereocenters. The fourth-order valence-corrected chi connectivity index (χ4v) is 2.54. The normalized spacial score (nSPS) is 11.2. The smallest absolute Gasteiger partial charge is 0.216 e. The molecule has 0 aliphatic heterocycles. The van der Waals surface area contributed by atoms with Crippen LogP contribution in [0.1, 0.15) is 5.56 Å². The van der Waals surface area contributed by atoms with Crippen LogP contribution < -0.4 is 0 Å². The molecule has 0 bridgehead atoms. The van der Waals surface area contributed by atoms with Crippen molar-refractivity contribution >= 4 is 41.6 Å². The van der Waals surface area contributed by atoms with Crippen LogP contribution in [-0.4, -0.2) is 26.2 Å². The van der Waals surface area contributed by atoms with Crippen molar-refractivity contribution in [2.75, 3.05) is 0 Å². The van der Waals surface area contributed by atoms with Gasteiger partial charge in [0.05, 0.1) is 11.2 Å². The number of benzene rings is 2. The van der Waals surface area contributed by atoms with E-state index in [2.05, 4.69) is 15.3 Å². The van der Waals surface area contributed by atoms with Crippen LogP contribution in [0.3, 0.4) is 0 Å². The van der Waals surface area contributed by atoms with Crippen molar-refractivity contribution in [3.05, 3.63) is 62.8 Å². The highest BCUT2D eigenvalue weighted by Gasteiger charge is 2.11. The summed E-state index contributed by atoms with van der Waals surface area (Å²) in [6, 6.07) is 11.9. The van der Waals surface area contributed by atoms with Crippen LogP contribution >= 0.6 is 35.4 Å². The van der Waals surface area contributed by atoms with Crippen molar-refractivity contribution in [2.45, 2.75) is 0 Å². The largest absolute Gasteiger partial charge is 0.507 e. The van der Waals surface area contributed by atoms with E-state index in [0.717, 1.165) is 0 Å². The minimum Gasteiger partial charge on any atom is -0.507 e. The maximum Gasteiger partial charge on any atom is 0.216 e. The third-order valence-corrected chi connectivity index (χ3v) is 3.90. The second kappa shape index (κ2) is 6.54. The van der Waals surface area contributed by atoms with E-state index in [-0.39, 0.29) is 5.75 Å². The van der Waals surface area contributed by atoms with Crippen LogP contribution in [0, 0.1) is 4.77 Å². The van der Waals surface area contributed by atoms with Gasteiger partial charge in [0, 0.05) is 16.1 Å². The Bertz CT molecular complexity index is 949. The van der Waals surface area contributed by atoms with Crippen LogP contribution in [0.25, 0.3) is 11.4 Å². The highest BCUT2D eigenvalue weighted by atomic mass is 35.5. The van der Waals surface area contributed by atoms with Crippen molar-refractivity contribution in [1.82, 2.24) is 14.9 Å². The molecule has 0 fully saturated rings. The minimum absolute atomic E-state index is 0.0625. The second-order valence-corrected chi connectivity index (χ2v) is 5.82. The molecule has 0 saturated carbocycles. The Balaban J connectivity index is 2.06. The molecular weight excluding hydrogens is 355 g/mol. The molecule has 0 radical (unpaired) electrons. The first kappa shape index (κ1) is 15.7.